The Bertz CT molecular complexity index is 268. The Balaban J connectivity index is 2.91. The summed E-state index contributed by atoms with van der Waals surface area (Å²) in [6.07, 6.45) is 0.532. The van der Waals surface area contributed by atoms with Gasteiger partial charge in [-0.05, 0) is 34.6 Å². The SMILES string of the molecule is CCOC(=O)C1([O])CC(C)(C)NC(C)(C)C1. The molecule has 0 unspecified atom stereocenters. The van der Waals surface area contributed by atoms with Gasteiger partial charge in [0, 0.05) is 23.9 Å². The molecule has 4 heteroatoms. The molecule has 1 heterocycles. The Morgan fingerprint density at radius 2 is 1.62 bits per heavy atom. The highest BCUT2D eigenvalue weighted by Crippen LogP contribution is 2.37. The number of nitrogens with one attached hydrogen (secondary N) is 1. The van der Waals surface area contributed by atoms with Crippen molar-refractivity contribution in [1.29, 1.82) is 0 Å². The molecule has 1 radical (unpaired) electrons. The van der Waals surface area contributed by atoms with E-state index >= 15 is 0 Å². The minimum Gasteiger partial charge on any atom is -0.464 e. The van der Waals surface area contributed by atoms with Crippen LogP contribution < -0.4 is 5.32 Å². The molecule has 0 aliphatic carbocycles. The van der Waals surface area contributed by atoms with Crippen molar-refractivity contribution in [2.24, 2.45) is 0 Å². The molecule has 0 saturated carbocycles. The van der Waals surface area contributed by atoms with E-state index in [1.807, 2.05) is 27.7 Å². The number of carbonyl (C=O) groups is 1. The second-order valence-electron chi connectivity index (χ2n) is 5.96. The van der Waals surface area contributed by atoms with E-state index in [2.05, 4.69) is 5.32 Å². The van der Waals surface area contributed by atoms with E-state index in [9.17, 15) is 9.90 Å². The van der Waals surface area contributed by atoms with Gasteiger partial charge in [0.2, 0.25) is 5.60 Å². The fraction of sp³-hybridized carbons (Fsp3) is 0.917. The van der Waals surface area contributed by atoms with Crippen LogP contribution in [0.4, 0.5) is 0 Å². The summed E-state index contributed by atoms with van der Waals surface area (Å²) in [7, 11) is 0. The van der Waals surface area contributed by atoms with Crippen molar-refractivity contribution >= 4 is 5.97 Å². The Kier molecular flexibility index (Phi) is 3.37. The molecule has 0 aromatic carbocycles. The van der Waals surface area contributed by atoms with Crippen molar-refractivity contribution in [3.63, 3.8) is 0 Å². The first-order chi connectivity index (χ1) is 7.10. The third-order valence-corrected chi connectivity index (χ3v) is 2.78. The van der Waals surface area contributed by atoms with Gasteiger partial charge in [-0.2, -0.15) is 0 Å². The molecule has 0 aromatic heterocycles. The number of piperidine rings is 1. The van der Waals surface area contributed by atoms with Gasteiger partial charge in [-0.1, -0.05) is 0 Å². The van der Waals surface area contributed by atoms with E-state index in [0.717, 1.165) is 0 Å². The zero-order valence-electron chi connectivity index (χ0n) is 10.8. The number of esters is 1. The summed E-state index contributed by atoms with van der Waals surface area (Å²) in [5.41, 5.74) is -2.29. The minimum absolute atomic E-state index is 0.261. The standard InChI is InChI=1S/C12H22NO3/c1-6-16-9(14)12(15)7-10(2,3)13-11(4,5)8-12/h13H,6-8H2,1-5H3. The normalized spacial score (nSPS) is 26.1. The highest BCUT2D eigenvalue weighted by molar-refractivity contribution is 5.79. The molecule has 0 bridgehead atoms. The molecule has 93 valence electrons. The van der Waals surface area contributed by atoms with Crippen LogP contribution >= 0.6 is 0 Å². The molecule has 1 N–H and O–H groups in total. The van der Waals surface area contributed by atoms with Gasteiger partial charge in [0.15, 0.2) is 0 Å². The summed E-state index contributed by atoms with van der Waals surface area (Å²) in [5.74, 6) is -0.613. The Morgan fingerprint density at radius 3 is 2.00 bits per heavy atom. The first-order valence-electron chi connectivity index (χ1n) is 5.77. The van der Waals surface area contributed by atoms with Crippen LogP contribution in [0.5, 0.6) is 0 Å². The second kappa shape index (κ2) is 4.00. The molecule has 1 saturated heterocycles. The van der Waals surface area contributed by atoms with Crippen LogP contribution in [0.1, 0.15) is 47.5 Å². The van der Waals surface area contributed by atoms with Gasteiger partial charge in [0.05, 0.1) is 6.61 Å². The summed E-state index contributed by atoms with van der Waals surface area (Å²) in [6.45, 7) is 9.76. The molecule has 0 spiro atoms. The lowest BCUT2D eigenvalue weighted by atomic mass is 9.73. The van der Waals surface area contributed by atoms with Gasteiger partial charge in [0.25, 0.3) is 0 Å². The van der Waals surface area contributed by atoms with E-state index < -0.39 is 11.6 Å². The molecular formula is C12H22NO3. The number of ether oxygens (including phenoxy) is 1. The van der Waals surface area contributed by atoms with Crippen molar-refractivity contribution in [2.45, 2.75) is 64.1 Å². The molecule has 16 heavy (non-hydrogen) atoms. The zero-order chi connectivity index (χ0) is 12.6. The van der Waals surface area contributed by atoms with Gasteiger partial charge in [0.1, 0.15) is 0 Å². The summed E-state index contributed by atoms with van der Waals surface area (Å²) in [6, 6.07) is 0. The van der Waals surface area contributed by atoms with Crippen LogP contribution in [0, 0.1) is 0 Å². The van der Waals surface area contributed by atoms with Crippen LogP contribution in [0.3, 0.4) is 0 Å². The summed E-state index contributed by atoms with van der Waals surface area (Å²) < 4.78 is 4.89. The maximum atomic E-state index is 12.5. The van der Waals surface area contributed by atoms with Crippen LogP contribution in [0.25, 0.3) is 0 Å². The van der Waals surface area contributed by atoms with Crippen LogP contribution in [0.2, 0.25) is 0 Å². The molecule has 1 aliphatic heterocycles. The van der Waals surface area contributed by atoms with E-state index in [-0.39, 0.29) is 30.5 Å². The molecule has 0 aromatic rings. The van der Waals surface area contributed by atoms with Gasteiger partial charge >= 0.3 is 5.97 Å². The van der Waals surface area contributed by atoms with Crippen molar-refractivity contribution in [3.05, 3.63) is 0 Å². The lowest BCUT2D eigenvalue weighted by molar-refractivity contribution is -0.185. The first kappa shape index (κ1) is 13.5. The van der Waals surface area contributed by atoms with Crippen LogP contribution in [-0.2, 0) is 14.6 Å². The van der Waals surface area contributed by atoms with Gasteiger partial charge in [-0.15, -0.1) is 0 Å². The molecule has 0 atom stereocenters. The summed E-state index contributed by atoms with van der Waals surface area (Å²) >= 11 is 0. The zero-order valence-corrected chi connectivity index (χ0v) is 10.8. The largest absolute Gasteiger partial charge is 0.464 e. The Morgan fingerprint density at radius 1 is 1.19 bits per heavy atom. The lowest BCUT2D eigenvalue weighted by Gasteiger charge is -2.48. The lowest BCUT2D eigenvalue weighted by Crippen LogP contribution is -2.65. The van der Waals surface area contributed by atoms with Crippen molar-refractivity contribution < 1.29 is 14.6 Å². The van der Waals surface area contributed by atoms with Gasteiger partial charge < -0.3 is 10.1 Å². The summed E-state index contributed by atoms with van der Waals surface area (Å²) in [5, 5.41) is 15.9. The van der Waals surface area contributed by atoms with E-state index in [0.29, 0.717) is 0 Å². The predicted molar refractivity (Wildman–Crippen MR) is 60.6 cm³/mol. The Labute approximate surface area is 97.4 Å². The predicted octanol–water partition coefficient (Wildman–Crippen LogP) is 1.66. The maximum absolute atomic E-state index is 12.5. The third-order valence-electron chi connectivity index (χ3n) is 2.78. The minimum atomic E-state index is -1.62. The topological polar surface area (TPSA) is 58.2 Å². The molecule has 1 aliphatic rings. The Hall–Kier alpha value is -0.610. The van der Waals surface area contributed by atoms with Gasteiger partial charge in [-0.25, -0.2) is 9.90 Å². The quantitative estimate of drug-likeness (QED) is 0.731. The van der Waals surface area contributed by atoms with Crippen molar-refractivity contribution in [2.75, 3.05) is 6.61 Å². The smallest absolute Gasteiger partial charge is 0.341 e. The maximum Gasteiger partial charge on any atom is 0.341 e. The van der Waals surface area contributed by atoms with Gasteiger partial charge in [-0.3, -0.25) is 0 Å². The average Bonchev–Trinajstić information content (AvgIpc) is 1.97. The monoisotopic (exact) mass is 228 g/mol. The molecular weight excluding hydrogens is 206 g/mol. The van der Waals surface area contributed by atoms with Crippen LogP contribution in [0.15, 0.2) is 0 Å². The number of hydrogen-bond acceptors (Lipinski definition) is 3. The van der Waals surface area contributed by atoms with Crippen LogP contribution in [-0.4, -0.2) is 29.3 Å². The molecule has 0 amide bonds. The average molecular weight is 228 g/mol. The van der Waals surface area contributed by atoms with E-state index in [1.165, 1.54) is 0 Å². The molecule has 1 fully saturated rings. The first-order valence-corrected chi connectivity index (χ1v) is 5.77. The van der Waals surface area contributed by atoms with E-state index in [1.54, 1.807) is 6.92 Å². The highest BCUT2D eigenvalue weighted by Gasteiger charge is 2.52. The van der Waals surface area contributed by atoms with Crippen molar-refractivity contribution in [1.82, 2.24) is 5.32 Å². The summed E-state index contributed by atoms with van der Waals surface area (Å²) in [4.78, 5) is 11.7. The number of rotatable bonds is 2. The molecule has 1 rings (SSSR count). The highest BCUT2D eigenvalue weighted by atomic mass is 16.5. The third kappa shape index (κ3) is 2.95. The molecule has 4 nitrogen and oxygen atoms in total. The fourth-order valence-electron chi connectivity index (χ4n) is 2.90. The van der Waals surface area contributed by atoms with Crippen molar-refractivity contribution in [3.8, 4) is 0 Å². The number of hydrogen-bond donors (Lipinski definition) is 1. The number of carbonyl (C=O) groups excluding carboxylic acids is 1. The fourth-order valence-corrected chi connectivity index (χ4v) is 2.90. The van der Waals surface area contributed by atoms with E-state index in [4.69, 9.17) is 4.74 Å². The second-order valence-corrected chi connectivity index (χ2v) is 5.96.